The minimum atomic E-state index is 0.777. The zero-order valence-corrected chi connectivity index (χ0v) is 10.9. The third-order valence-corrected chi connectivity index (χ3v) is 3.51. The van der Waals surface area contributed by atoms with Gasteiger partial charge in [0.2, 0.25) is 0 Å². The van der Waals surface area contributed by atoms with Crippen molar-refractivity contribution in [2.24, 2.45) is 0 Å². The summed E-state index contributed by atoms with van der Waals surface area (Å²) in [5.74, 6) is 0. The van der Waals surface area contributed by atoms with Crippen LogP contribution in [0.2, 0.25) is 0 Å². The summed E-state index contributed by atoms with van der Waals surface area (Å²) in [7, 11) is 0. The van der Waals surface area contributed by atoms with Crippen LogP contribution in [-0.4, -0.2) is 0 Å². The highest BCUT2D eigenvalue weighted by atomic mass is 79.9. The van der Waals surface area contributed by atoms with Crippen molar-refractivity contribution in [3.63, 3.8) is 0 Å². The van der Waals surface area contributed by atoms with Crippen molar-refractivity contribution in [2.75, 3.05) is 10.5 Å². The fraction of sp³-hybridized carbons (Fsp3) is 0. The molecule has 0 aliphatic carbocycles. The number of para-hydroxylation sites is 1. The van der Waals surface area contributed by atoms with Crippen LogP contribution in [0.25, 0.3) is 0 Å². The molecule has 0 bridgehead atoms. The molecule has 2 aromatic carbocycles. The van der Waals surface area contributed by atoms with E-state index < -0.39 is 0 Å². The molecule has 16 heavy (non-hydrogen) atoms. The number of anilines is 2. The molecule has 2 nitrogen and oxygen atoms in total. The highest BCUT2D eigenvalue weighted by molar-refractivity contribution is 9.10. The smallest absolute Gasteiger partial charge is 0.0586 e. The summed E-state index contributed by atoms with van der Waals surface area (Å²) < 4.78 is 4.32. The first-order valence-electron chi connectivity index (χ1n) is 4.78. The first-order valence-corrected chi connectivity index (χ1v) is 6.39. The van der Waals surface area contributed by atoms with E-state index in [1.54, 1.807) is 11.9 Å². The third-order valence-electron chi connectivity index (χ3n) is 2.01. The predicted molar refractivity (Wildman–Crippen MR) is 74.5 cm³/mol. The fourth-order valence-electron chi connectivity index (χ4n) is 1.24. The summed E-state index contributed by atoms with van der Waals surface area (Å²) in [5, 5.41) is 0. The Morgan fingerprint density at radius 3 is 2.62 bits per heavy atom. The Balaban J connectivity index is 2.05. The van der Waals surface area contributed by atoms with Crippen LogP contribution in [0.15, 0.2) is 57.9 Å². The van der Waals surface area contributed by atoms with Gasteiger partial charge in [-0.2, -0.15) is 0 Å². The molecule has 0 radical (unpaired) electrons. The topological polar surface area (TPSA) is 38.0 Å². The number of rotatable bonds is 3. The van der Waals surface area contributed by atoms with Crippen LogP contribution in [-0.2, 0) is 0 Å². The van der Waals surface area contributed by atoms with E-state index in [2.05, 4.69) is 20.7 Å². The van der Waals surface area contributed by atoms with Crippen molar-refractivity contribution in [2.45, 2.75) is 4.90 Å². The Morgan fingerprint density at radius 1 is 1.06 bits per heavy atom. The first-order chi connectivity index (χ1) is 7.75. The van der Waals surface area contributed by atoms with Gasteiger partial charge in [0.05, 0.1) is 5.69 Å². The lowest BCUT2D eigenvalue weighted by atomic mass is 10.3. The average Bonchev–Trinajstić information content (AvgIpc) is 2.28. The third kappa shape index (κ3) is 2.93. The molecule has 4 heteroatoms. The van der Waals surface area contributed by atoms with E-state index in [0.29, 0.717) is 0 Å². The van der Waals surface area contributed by atoms with E-state index in [4.69, 9.17) is 5.73 Å². The number of halogens is 1. The van der Waals surface area contributed by atoms with Gasteiger partial charge in [0.25, 0.3) is 0 Å². The van der Waals surface area contributed by atoms with Gasteiger partial charge in [0.1, 0.15) is 0 Å². The Bertz CT molecular complexity index is 488. The molecule has 0 amide bonds. The molecule has 0 aromatic heterocycles. The van der Waals surface area contributed by atoms with Gasteiger partial charge in [-0.15, -0.1) is 0 Å². The second kappa shape index (κ2) is 5.27. The fourth-order valence-corrected chi connectivity index (χ4v) is 2.50. The molecule has 2 rings (SSSR count). The van der Waals surface area contributed by atoms with Crippen LogP contribution >= 0.6 is 27.9 Å². The molecule has 0 saturated heterocycles. The Labute approximate surface area is 108 Å². The van der Waals surface area contributed by atoms with Crippen LogP contribution < -0.4 is 10.5 Å². The Morgan fingerprint density at radius 2 is 1.88 bits per heavy atom. The van der Waals surface area contributed by atoms with Crippen molar-refractivity contribution in [3.05, 3.63) is 53.0 Å². The van der Waals surface area contributed by atoms with Gasteiger partial charge >= 0.3 is 0 Å². The Hall–Kier alpha value is -1.13. The summed E-state index contributed by atoms with van der Waals surface area (Å²) >= 11 is 5.03. The lowest BCUT2D eigenvalue weighted by Gasteiger charge is -2.07. The molecule has 82 valence electrons. The predicted octanol–water partition coefficient (Wildman–Crippen LogP) is 4.15. The summed E-state index contributed by atoms with van der Waals surface area (Å²) in [6, 6.07) is 15.8. The van der Waals surface area contributed by atoms with Crippen LogP contribution in [0.3, 0.4) is 0 Å². The molecule has 0 heterocycles. The molecule has 0 spiro atoms. The van der Waals surface area contributed by atoms with Gasteiger partial charge in [-0.25, -0.2) is 0 Å². The molecule has 0 fully saturated rings. The molecule has 0 saturated carbocycles. The maximum Gasteiger partial charge on any atom is 0.0586 e. The molecular formula is C12H11BrN2S. The molecule has 3 N–H and O–H groups in total. The molecular weight excluding hydrogens is 284 g/mol. The van der Waals surface area contributed by atoms with Gasteiger partial charge in [-0.1, -0.05) is 18.2 Å². The van der Waals surface area contributed by atoms with Crippen molar-refractivity contribution in [1.29, 1.82) is 0 Å². The molecule has 0 aliphatic rings. The number of nitrogen functional groups attached to an aromatic ring is 1. The molecule has 0 unspecified atom stereocenters. The second-order valence-electron chi connectivity index (χ2n) is 3.26. The molecule has 0 atom stereocenters. The van der Waals surface area contributed by atoms with Crippen LogP contribution in [0.4, 0.5) is 11.4 Å². The van der Waals surface area contributed by atoms with Gasteiger partial charge < -0.3 is 10.5 Å². The van der Waals surface area contributed by atoms with Crippen molar-refractivity contribution < 1.29 is 0 Å². The van der Waals surface area contributed by atoms with Crippen molar-refractivity contribution >= 4 is 39.3 Å². The minimum Gasteiger partial charge on any atom is -0.399 e. The zero-order valence-electron chi connectivity index (χ0n) is 8.48. The molecule has 2 aromatic rings. The SMILES string of the molecule is Nc1cccc(SNc2ccccc2Br)c1. The van der Waals surface area contributed by atoms with E-state index in [9.17, 15) is 0 Å². The van der Waals surface area contributed by atoms with Gasteiger partial charge in [0.15, 0.2) is 0 Å². The number of hydrogen-bond donors (Lipinski definition) is 2. The standard InChI is InChI=1S/C12H11BrN2S/c13-11-6-1-2-7-12(11)15-16-10-5-3-4-9(14)8-10/h1-8,15H,14H2. The number of benzene rings is 2. The minimum absolute atomic E-state index is 0.777. The van der Waals surface area contributed by atoms with Crippen molar-refractivity contribution in [1.82, 2.24) is 0 Å². The van der Waals surface area contributed by atoms with E-state index in [0.717, 1.165) is 20.7 Å². The van der Waals surface area contributed by atoms with Gasteiger partial charge in [0, 0.05) is 15.1 Å². The summed E-state index contributed by atoms with van der Waals surface area (Å²) in [5.41, 5.74) is 7.53. The van der Waals surface area contributed by atoms with Crippen LogP contribution in [0.1, 0.15) is 0 Å². The highest BCUT2D eigenvalue weighted by Crippen LogP contribution is 2.27. The Kier molecular flexibility index (Phi) is 3.74. The largest absolute Gasteiger partial charge is 0.399 e. The summed E-state index contributed by atoms with van der Waals surface area (Å²) in [6.07, 6.45) is 0. The van der Waals surface area contributed by atoms with Gasteiger partial charge in [-0.3, -0.25) is 0 Å². The van der Waals surface area contributed by atoms with E-state index in [1.807, 2.05) is 48.5 Å². The first kappa shape index (κ1) is 11.4. The summed E-state index contributed by atoms with van der Waals surface area (Å²) in [6.45, 7) is 0. The maximum absolute atomic E-state index is 5.71. The summed E-state index contributed by atoms with van der Waals surface area (Å²) in [4.78, 5) is 1.09. The van der Waals surface area contributed by atoms with Crippen LogP contribution in [0, 0.1) is 0 Å². The average molecular weight is 295 g/mol. The van der Waals surface area contributed by atoms with Crippen molar-refractivity contribution in [3.8, 4) is 0 Å². The van der Waals surface area contributed by atoms with Crippen LogP contribution in [0.5, 0.6) is 0 Å². The van der Waals surface area contributed by atoms with E-state index >= 15 is 0 Å². The van der Waals surface area contributed by atoms with E-state index in [-0.39, 0.29) is 0 Å². The number of nitrogens with two attached hydrogens (primary N) is 1. The maximum atomic E-state index is 5.71. The lowest BCUT2D eigenvalue weighted by Crippen LogP contribution is -1.89. The normalized spacial score (nSPS) is 10.1. The second-order valence-corrected chi connectivity index (χ2v) is 4.99. The lowest BCUT2D eigenvalue weighted by molar-refractivity contribution is 1.46. The highest BCUT2D eigenvalue weighted by Gasteiger charge is 1.99. The monoisotopic (exact) mass is 294 g/mol. The number of nitrogens with one attached hydrogen (secondary N) is 1. The van der Waals surface area contributed by atoms with E-state index in [1.165, 1.54) is 0 Å². The quantitative estimate of drug-likeness (QED) is 0.660. The zero-order chi connectivity index (χ0) is 11.4. The van der Waals surface area contributed by atoms with Gasteiger partial charge in [-0.05, 0) is 58.2 Å². The molecule has 0 aliphatic heterocycles. The number of hydrogen-bond acceptors (Lipinski definition) is 3.